The Morgan fingerprint density at radius 2 is 1.70 bits per heavy atom. The van der Waals surface area contributed by atoms with Crippen LogP contribution in [0.2, 0.25) is 0 Å². The number of hydrogen-bond donors (Lipinski definition) is 0. The average molecular weight is 435 g/mol. The second kappa shape index (κ2) is 11.4. The van der Waals surface area contributed by atoms with Crippen LogP contribution in [0.3, 0.4) is 0 Å². The van der Waals surface area contributed by atoms with Crippen LogP contribution in [-0.2, 0) is 6.42 Å². The number of hydrogen-bond acceptors (Lipinski definition) is 5. The summed E-state index contributed by atoms with van der Waals surface area (Å²) in [7, 11) is 0. The van der Waals surface area contributed by atoms with Gasteiger partial charge < -0.3 is 0 Å². The molecular formula is C24H22N2O2S2. The number of aliphatic imine (C=N–C) groups is 1. The molecule has 0 fully saturated rings. The number of benzene rings is 3. The first-order valence-electron chi connectivity index (χ1n) is 9.50. The summed E-state index contributed by atoms with van der Waals surface area (Å²) in [6, 6.07) is 25.1. The smallest absolute Gasteiger partial charge is 0.258 e. The first kappa shape index (κ1) is 21.9. The Labute approximate surface area is 185 Å². The zero-order chi connectivity index (χ0) is 21.2. The highest BCUT2D eigenvalue weighted by Gasteiger charge is 2.04. The zero-order valence-electron chi connectivity index (χ0n) is 16.6. The van der Waals surface area contributed by atoms with E-state index < -0.39 is 0 Å². The van der Waals surface area contributed by atoms with Crippen molar-refractivity contribution in [1.29, 1.82) is 0 Å². The van der Waals surface area contributed by atoms with Gasteiger partial charge >= 0.3 is 0 Å². The third kappa shape index (κ3) is 7.21. The van der Waals surface area contributed by atoms with Gasteiger partial charge in [-0.25, -0.2) is 4.99 Å². The quantitative estimate of drug-likeness (QED) is 0.123. The molecule has 0 N–H and O–H groups in total. The molecule has 6 heteroatoms. The number of thioether (sulfide) groups is 2. The summed E-state index contributed by atoms with van der Waals surface area (Å²) in [5.74, 6) is 0.932. The van der Waals surface area contributed by atoms with Gasteiger partial charge in [0, 0.05) is 22.8 Å². The van der Waals surface area contributed by atoms with Crippen LogP contribution >= 0.6 is 23.5 Å². The van der Waals surface area contributed by atoms with E-state index in [1.165, 1.54) is 35.0 Å². The van der Waals surface area contributed by atoms with Gasteiger partial charge in [-0.15, -0.1) is 11.8 Å². The van der Waals surface area contributed by atoms with E-state index in [4.69, 9.17) is 4.99 Å². The molecule has 0 radical (unpaired) electrons. The number of nitro benzene ring substituents is 1. The zero-order valence-corrected chi connectivity index (χ0v) is 18.2. The van der Waals surface area contributed by atoms with E-state index in [0.29, 0.717) is 0 Å². The fourth-order valence-corrected chi connectivity index (χ4v) is 4.21. The van der Waals surface area contributed by atoms with E-state index in [1.54, 1.807) is 23.9 Å². The SMILES string of the molecule is Cc1ccc(N=C(C=CSc2ccc([N+](=O)[O-])cc2)SCCc2ccccc2)cc1. The highest BCUT2D eigenvalue weighted by molar-refractivity contribution is 8.14. The molecule has 0 atom stereocenters. The Hall–Kier alpha value is -2.83. The Bertz CT molecular complexity index is 1020. The first-order valence-corrected chi connectivity index (χ1v) is 11.4. The summed E-state index contributed by atoms with van der Waals surface area (Å²) in [6.45, 7) is 2.06. The molecule has 0 bridgehead atoms. The minimum absolute atomic E-state index is 0.0985. The minimum Gasteiger partial charge on any atom is -0.258 e. The Balaban J connectivity index is 1.67. The van der Waals surface area contributed by atoms with Crippen molar-refractivity contribution in [1.82, 2.24) is 0 Å². The van der Waals surface area contributed by atoms with E-state index in [-0.39, 0.29) is 10.6 Å². The molecule has 0 amide bonds. The van der Waals surface area contributed by atoms with E-state index in [9.17, 15) is 10.1 Å². The molecule has 152 valence electrons. The predicted molar refractivity (Wildman–Crippen MR) is 129 cm³/mol. The Morgan fingerprint density at radius 1 is 1.00 bits per heavy atom. The average Bonchev–Trinajstić information content (AvgIpc) is 2.76. The van der Waals surface area contributed by atoms with Crippen molar-refractivity contribution in [2.24, 2.45) is 4.99 Å². The van der Waals surface area contributed by atoms with Crippen LogP contribution in [0.5, 0.6) is 0 Å². The van der Waals surface area contributed by atoms with Gasteiger partial charge in [-0.05, 0) is 54.7 Å². The topological polar surface area (TPSA) is 55.5 Å². The van der Waals surface area contributed by atoms with Crippen molar-refractivity contribution < 1.29 is 4.92 Å². The fourth-order valence-electron chi connectivity index (χ4n) is 2.60. The molecule has 3 aromatic carbocycles. The number of non-ortho nitro benzene ring substituents is 1. The van der Waals surface area contributed by atoms with Gasteiger partial charge in [-0.2, -0.15) is 0 Å². The van der Waals surface area contributed by atoms with Gasteiger partial charge in [-0.1, -0.05) is 59.8 Å². The lowest BCUT2D eigenvalue weighted by Gasteiger charge is -2.04. The lowest BCUT2D eigenvalue weighted by atomic mass is 10.2. The molecule has 0 saturated carbocycles. The lowest BCUT2D eigenvalue weighted by molar-refractivity contribution is -0.384. The minimum atomic E-state index is -0.389. The van der Waals surface area contributed by atoms with Crippen LogP contribution in [0, 0.1) is 17.0 Å². The van der Waals surface area contributed by atoms with Crippen LogP contribution in [0.1, 0.15) is 11.1 Å². The van der Waals surface area contributed by atoms with Crippen LogP contribution in [0.25, 0.3) is 0 Å². The van der Waals surface area contributed by atoms with Gasteiger partial charge in [0.05, 0.1) is 15.7 Å². The van der Waals surface area contributed by atoms with E-state index >= 15 is 0 Å². The van der Waals surface area contributed by atoms with E-state index in [1.807, 2.05) is 29.7 Å². The Morgan fingerprint density at radius 3 is 2.37 bits per heavy atom. The van der Waals surface area contributed by atoms with Gasteiger partial charge in [0.2, 0.25) is 0 Å². The Kier molecular flexibility index (Phi) is 8.30. The predicted octanol–water partition coefficient (Wildman–Crippen LogP) is 7.22. The summed E-state index contributed by atoms with van der Waals surface area (Å²) in [5, 5.41) is 13.7. The van der Waals surface area contributed by atoms with Crippen LogP contribution < -0.4 is 0 Å². The number of rotatable bonds is 8. The second-order valence-electron chi connectivity index (χ2n) is 6.54. The summed E-state index contributed by atoms with van der Waals surface area (Å²) in [5.41, 5.74) is 3.54. The van der Waals surface area contributed by atoms with Crippen molar-refractivity contribution in [2.75, 3.05) is 5.75 Å². The van der Waals surface area contributed by atoms with Crippen molar-refractivity contribution in [3.8, 4) is 0 Å². The molecule has 0 aliphatic heterocycles. The van der Waals surface area contributed by atoms with Crippen molar-refractivity contribution in [3.05, 3.63) is 112 Å². The van der Waals surface area contributed by atoms with E-state index in [2.05, 4.69) is 43.3 Å². The van der Waals surface area contributed by atoms with Gasteiger partial charge in [0.15, 0.2) is 0 Å². The molecular weight excluding hydrogens is 412 g/mol. The maximum atomic E-state index is 10.8. The van der Waals surface area contributed by atoms with Crippen molar-refractivity contribution >= 4 is 39.9 Å². The molecule has 30 heavy (non-hydrogen) atoms. The highest BCUT2D eigenvalue weighted by atomic mass is 32.2. The molecule has 4 nitrogen and oxygen atoms in total. The molecule has 0 aromatic heterocycles. The number of nitrogens with zero attached hydrogens (tertiary/aromatic N) is 2. The van der Waals surface area contributed by atoms with Gasteiger partial charge in [0.25, 0.3) is 5.69 Å². The largest absolute Gasteiger partial charge is 0.269 e. The van der Waals surface area contributed by atoms with Gasteiger partial charge in [0.1, 0.15) is 0 Å². The fraction of sp³-hybridized carbons (Fsp3) is 0.125. The third-order valence-electron chi connectivity index (χ3n) is 4.22. The van der Waals surface area contributed by atoms with Crippen LogP contribution in [0.15, 0.2) is 100 Å². The number of nitro groups is 1. The molecule has 0 aliphatic carbocycles. The molecule has 0 spiro atoms. The summed E-state index contributed by atoms with van der Waals surface area (Å²) >= 11 is 3.23. The van der Waals surface area contributed by atoms with Crippen molar-refractivity contribution in [2.45, 2.75) is 18.2 Å². The first-order chi connectivity index (χ1) is 14.6. The number of aryl methyl sites for hydroxylation is 2. The molecule has 0 heterocycles. The maximum absolute atomic E-state index is 10.8. The summed E-state index contributed by atoms with van der Waals surface area (Å²) in [6.07, 6.45) is 2.98. The standard InChI is InChI=1S/C24H22N2O2S2/c1-19-7-9-21(10-8-19)25-24(30-17-15-20-5-3-2-4-6-20)16-18-29-23-13-11-22(12-14-23)26(27)28/h2-14,16,18H,15,17H2,1H3. The van der Waals surface area contributed by atoms with Gasteiger partial charge in [-0.3, -0.25) is 10.1 Å². The normalized spacial score (nSPS) is 11.7. The lowest BCUT2D eigenvalue weighted by Crippen LogP contribution is -1.93. The van der Waals surface area contributed by atoms with Crippen LogP contribution in [-0.4, -0.2) is 15.7 Å². The molecule has 0 saturated heterocycles. The van der Waals surface area contributed by atoms with Crippen LogP contribution in [0.4, 0.5) is 11.4 Å². The van der Waals surface area contributed by atoms with Crippen molar-refractivity contribution in [3.63, 3.8) is 0 Å². The molecule has 0 aliphatic rings. The van der Waals surface area contributed by atoms with E-state index in [0.717, 1.165) is 27.8 Å². The summed E-state index contributed by atoms with van der Waals surface area (Å²) in [4.78, 5) is 16.1. The maximum Gasteiger partial charge on any atom is 0.269 e. The molecule has 0 unspecified atom stereocenters. The molecule has 3 rings (SSSR count). The summed E-state index contributed by atoms with van der Waals surface area (Å²) < 4.78 is 0. The third-order valence-corrected chi connectivity index (χ3v) is 5.97. The monoisotopic (exact) mass is 434 g/mol. The molecule has 3 aromatic rings. The highest BCUT2D eigenvalue weighted by Crippen LogP contribution is 2.24. The second-order valence-corrected chi connectivity index (χ2v) is 8.64.